The molecular weight excluding hydrogens is 256 g/mol. The van der Waals surface area contributed by atoms with Crippen molar-refractivity contribution in [1.29, 1.82) is 0 Å². The first-order chi connectivity index (χ1) is 9.51. The van der Waals surface area contributed by atoms with Crippen LogP contribution in [0.4, 0.5) is 0 Å². The van der Waals surface area contributed by atoms with Gasteiger partial charge in [-0.2, -0.15) is 0 Å². The van der Waals surface area contributed by atoms with Crippen molar-refractivity contribution in [3.8, 4) is 0 Å². The smallest absolute Gasteiger partial charge is 0.325 e. The van der Waals surface area contributed by atoms with Crippen LogP contribution in [0.25, 0.3) is 0 Å². The van der Waals surface area contributed by atoms with Gasteiger partial charge in [0.05, 0.1) is 18.8 Å². The first-order valence-corrected chi connectivity index (χ1v) is 7.85. The summed E-state index contributed by atoms with van der Waals surface area (Å²) in [4.78, 5) is 14.2. The third-order valence-corrected chi connectivity index (χ3v) is 4.28. The van der Waals surface area contributed by atoms with Crippen LogP contribution >= 0.6 is 0 Å². The summed E-state index contributed by atoms with van der Waals surface area (Å²) in [6.07, 6.45) is 6.05. The zero-order valence-corrected chi connectivity index (χ0v) is 12.8. The van der Waals surface area contributed by atoms with E-state index in [0.29, 0.717) is 25.2 Å². The van der Waals surface area contributed by atoms with Crippen LogP contribution in [0.5, 0.6) is 0 Å². The maximum atomic E-state index is 11.7. The predicted molar refractivity (Wildman–Crippen MR) is 77.4 cm³/mol. The molecule has 2 saturated heterocycles. The molecule has 0 aliphatic carbocycles. The lowest BCUT2D eigenvalue weighted by atomic mass is 9.96. The van der Waals surface area contributed by atoms with Gasteiger partial charge in [0, 0.05) is 13.1 Å². The molecule has 0 amide bonds. The minimum Gasteiger partial charge on any atom is -0.465 e. The molecule has 2 heterocycles. The Hall–Kier alpha value is -0.650. The number of morpholine rings is 1. The summed E-state index contributed by atoms with van der Waals surface area (Å²) in [5.74, 6) is -0.288. The number of rotatable bonds is 7. The highest BCUT2D eigenvalue weighted by Crippen LogP contribution is 2.26. The van der Waals surface area contributed by atoms with E-state index in [1.165, 1.54) is 12.8 Å². The summed E-state index contributed by atoms with van der Waals surface area (Å²) in [5, 5.41) is 0. The van der Waals surface area contributed by atoms with Gasteiger partial charge >= 0.3 is 5.97 Å². The van der Waals surface area contributed by atoms with Gasteiger partial charge in [-0.3, -0.25) is 9.69 Å². The van der Waals surface area contributed by atoms with Crippen LogP contribution in [-0.4, -0.2) is 54.9 Å². The van der Waals surface area contributed by atoms with Crippen molar-refractivity contribution in [2.75, 3.05) is 26.2 Å². The van der Waals surface area contributed by atoms with E-state index in [-0.39, 0.29) is 5.97 Å². The number of ether oxygens (including phenoxy) is 2. The SMILES string of the molecule is CCOC(=O)C(C)(N)CCCCN1CC2CCC(C1)O2. The molecule has 2 aliphatic rings. The Morgan fingerprint density at radius 1 is 1.35 bits per heavy atom. The first-order valence-electron chi connectivity index (χ1n) is 7.85. The monoisotopic (exact) mass is 284 g/mol. The van der Waals surface area contributed by atoms with E-state index in [1.54, 1.807) is 13.8 Å². The highest BCUT2D eigenvalue weighted by atomic mass is 16.5. The number of likely N-dealkylation sites (tertiary alicyclic amines) is 1. The molecule has 3 atom stereocenters. The highest BCUT2D eigenvalue weighted by molar-refractivity contribution is 5.79. The number of nitrogens with two attached hydrogens (primary N) is 1. The average Bonchev–Trinajstić information content (AvgIpc) is 2.74. The summed E-state index contributed by atoms with van der Waals surface area (Å²) >= 11 is 0. The Balaban J connectivity index is 1.62. The van der Waals surface area contributed by atoms with Gasteiger partial charge in [-0.1, -0.05) is 0 Å². The Morgan fingerprint density at radius 2 is 2.00 bits per heavy atom. The van der Waals surface area contributed by atoms with Crippen molar-refractivity contribution in [2.24, 2.45) is 5.73 Å². The summed E-state index contributed by atoms with van der Waals surface area (Å²) < 4.78 is 10.8. The zero-order chi connectivity index (χ0) is 14.6. The number of carbonyl (C=O) groups excluding carboxylic acids is 1. The quantitative estimate of drug-likeness (QED) is 0.564. The lowest BCUT2D eigenvalue weighted by Crippen LogP contribution is -2.46. The minimum atomic E-state index is -0.847. The fraction of sp³-hybridized carbons (Fsp3) is 0.933. The predicted octanol–water partition coefficient (Wildman–Crippen LogP) is 1.30. The van der Waals surface area contributed by atoms with Crippen LogP contribution in [0.1, 0.15) is 46.0 Å². The third kappa shape index (κ3) is 4.17. The second-order valence-electron chi connectivity index (χ2n) is 6.31. The minimum absolute atomic E-state index is 0.288. The van der Waals surface area contributed by atoms with Gasteiger partial charge < -0.3 is 15.2 Å². The Kier molecular flexibility index (Phi) is 5.41. The van der Waals surface area contributed by atoms with Crippen molar-refractivity contribution in [2.45, 2.75) is 63.7 Å². The number of carbonyl (C=O) groups is 1. The summed E-state index contributed by atoms with van der Waals surface area (Å²) in [5.41, 5.74) is 5.16. The fourth-order valence-electron chi connectivity index (χ4n) is 3.11. The normalized spacial score (nSPS) is 29.1. The van der Waals surface area contributed by atoms with Gasteiger partial charge in [-0.05, 0) is 52.5 Å². The topological polar surface area (TPSA) is 64.8 Å². The van der Waals surface area contributed by atoms with Gasteiger partial charge in [0.1, 0.15) is 5.54 Å². The summed E-state index contributed by atoms with van der Waals surface area (Å²) in [6.45, 7) is 7.17. The molecule has 2 rings (SSSR count). The molecule has 0 aromatic heterocycles. The number of nitrogens with zero attached hydrogens (tertiary/aromatic N) is 1. The van der Waals surface area contributed by atoms with Crippen molar-refractivity contribution in [3.05, 3.63) is 0 Å². The van der Waals surface area contributed by atoms with Crippen molar-refractivity contribution < 1.29 is 14.3 Å². The molecule has 2 bridgehead atoms. The van der Waals surface area contributed by atoms with Crippen LogP contribution in [0.2, 0.25) is 0 Å². The third-order valence-electron chi connectivity index (χ3n) is 4.28. The molecule has 3 unspecified atom stereocenters. The second-order valence-corrected chi connectivity index (χ2v) is 6.31. The molecule has 2 fully saturated rings. The zero-order valence-electron chi connectivity index (χ0n) is 12.8. The van der Waals surface area contributed by atoms with E-state index in [2.05, 4.69) is 4.90 Å². The van der Waals surface area contributed by atoms with Crippen LogP contribution in [0.3, 0.4) is 0 Å². The van der Waals surface area contributed by atoms with E-state index in [0.717, 1.165) is 32.5 Å². The molecule has 5 nitrogen and oxygen atoms in total. The van der Waals surface area contributed by atoms with Crippen molar-refractivity contribution in [3.63, 3.8) is 0 Å². The van der Waals surface area contributed by atoms with Gasteiger partial charge in [-0.25, -0.2) is 0 Å². The molecule has 20 heavy (non-hydrogen) atoms. The molecule has 0 saturated carbocycles. The Morgan fingerprint density at radius 3 is 2.60 bits per heavy atom. The maximum absolute atomic E-state index is 11.7. The average molecular weight is 284 g/mol. The lowest BCUT2D eigenvalue weighted by Gasteiger charge is -2.32. The van der Waals surface area contributed by atoms with Crippen LogP contribution < -0.4 is 5.73 Å². The lowest BCUT2D eigenvalue weighted by molar-refractivity contribution is -0.149. The van der Waals surface area contributed by atoms with Gasteiger partial charge in [-0.15, -0.1) is 0 Å². The Bertz CT molecular complexity index is 321. The first kappa shape index (κ1) is 15.7. The van der Waals surface area contributed by atoms with Crippen LogP contribution in [0.15, 0.2) is 0 Å². The largest absolute Gasteiger partial charge is 0.465 e. The van der Waals surface area contributed by atoms with Gasteiger partial charge in [0.25, 0.3) is 0 Å². The van der Waals surface area contributed by atoms with E-state index in [9.17, 15) is 4.79 Å². The molecule has 2 N–H and O–H groups in total. The molecule has 0 aromatic rings. The molecule has 0 spiro atoms. The summed E-state index contributed by atoms with van der Waals surface area (Å²) in [7, 11) is 0. The van der Waals surface area contributed by atoms with E-state index in [1.807, 2.05) is 0 Å². The Labute approximate surface area is 121 Å². The number of unbranched alkanes of at least 4 members (excludes halogenated alkanes) is 1. The number of esters is 1. The van der Waals surface area contributed by atoms with Crippen molar-refractivity contribution >= 4 is 5.97 Å². The second kappa shape index (κ2) is 6.87. The number of hydrogen-bond donors (Lipinski definition) is 1. The molecule has 116 valence electrons. The number of hydrogen-bond acceptors (Lipinski definition) is 5. The fourth-order valence-corrected chi connectivity index (χ4v) is 3.11. The van der Waals surface area contributed by atoms with E-state index < -0.39 is 5.54 Å². The molecule has 5 heteroatoms. The molecule has 2 aliphatic heterocycles. The van der Waals surface area contributed by atoms with Crippen molar-refractivity contribution in [1.82, 2.24) is 4.90 Å². The highest BCUT2D eigenvalue weighted by Gasteiger charge is 2.33. The molecule has 0 radical (unpaired) electrons. The van der Waals surface area contributed by atoms with Crippen LogP contribution in [-0.2, 0) is 14.3 Å². The van der Waals surface area contributed by atoms with Crippen LogP contribution in [0, 0.1) is 0 Å². The van der Waals surface area contributed by atoms with Gasteiger partial charge in [0.2, 0.25) is 0 Å². The standard InChI is InChI=1S/C15H28N2O3/c1-3-19-14(18)15(2,16)8-4-5-9-17-10-12-6-7-13(11-17)20-12/h12-13H,3-11,16H2,1-2H3. The maximum Gasteiger partial charge on any atom is 0.325 e. The van der Waals surface area contributed by atoms with E-state index in [4.69, 9.17) is 15.2 Å². The number of fused-ring (bicyclic) bond motifs is 2. The van der Waals surface area contributed by atoms with Gasteiger partial charge in [0.15, 0.2) is 0 Å². The molecular formula is C15H28N2O3. The van der Waals surface area contributed by atoms with E-state index >= 15 is 0 Å². The summed E-state index contributed by atoms with van der Waals surface area (Å²) in [6, 6.07) is 0. The molecule has 0 aromatic carbocycles.